The van der Waals surface area contributed by atoms with E-state index in [9.17, 15) is 4.79 Å². The van der Waals surface area contributed by atoms with Crippen LogP contribution >= 0.6 is 0 Å². The van der Waals surface area contributed by atoms with Crippen LogP contribution in [0.2, 0.25) is 0 Å². The van der Waals surface area contributed by atoms with Gasteiger partial charge in [-0.3, -0.25) is 4.79 Å². The minimum Gasteiger partial charge on any atom is -0.469 e. The van der Waals surface area contributed by atoms with Gasteiger partial charge in [0.2, 0.25) is 0 Å². The molecule has 1 unspecified atom stereocenters. The number of nitrogens with two attached hydrogens (primary N) is 2. The van der Waals surface area contributed by atoms with Crippen LogP contribution in [-0.2, 0) is 9.53 Å². The summed E-state index contributed by atoms with van der Waals surface area (Å²) in [5, 5.41) is 3.05. The first-order valence-electron chi connectivity index (χ1n) is 5.02. The summed E-state index contributed by atoms with van der Waals surface area (Å²) < 4.78 is 4.62. The smallest absolute Gasteiger partial charge is 0.310 e. The Morgan fingerprint density at radius 2 is 2.00 bits per heavy atom. The Bertz CT molecular complexity index is 359. The van der Waals surface area contributed by atoms with E-state index in [-0.39, 0.29) is 11.9 Å². The van der Waals surface area contributed by atoms with Crippen molar-refractivity contribution in [2.24, 2.45) is 5.92 Å². The first-order chi connectivity index (χ1) is 7.56. The van der Waals surface area contributed by atoms with Crippen molar-refractivity contribution in [1.82, 2.24) is 0 Å². The van der Waals surface area contributed by atoms with Crippen molar-refractivity contribution < 1.29 is 9.53 Å². The second-order valence-electron chi connectivity index (χ2n) is 3.62. The van der Waals surface area contributed by atoms with E-state index in [1.807, 2.05) is 0 Å². The lowest BCUT2D eigenvalue weighted by molar-refractivity contribution is -0.144. The van der Waals surface area contributed by atoms with E-state index in [2.05, 4.69) is 10.1 Å². The highest BCUT2D eigenvalue weighted by Crippen LogP contribution is 2.25. The standard InChI is InChI=1S/C11H17N3O2/c1-7(11(15)16-2)6-14-10-8(12)4-3-5-9(10)13/h3-5,7,14H,6,12-13H2,1-2H3. The maximum absolute atomic E-state index is 11.2. The molecule has 0 bridgehead atoms. The number of esters is 1. The molecule has 0 aliphatic heterocycles. The molecule has 88 valence electrons. The van der Waals surface area contributed by atoms with E-state index in [0.717, 1.165) is 0 Å². The Labute approximate surface area is 94.8 Å². The summed E-state index contributed by atoms with van der Waals surface area (Å²) in [6, 6.07) is 5.28. The summed E-state index contributed by atoms with van der Waals surface area (Å²) in [6.07, 6.45) is 0. The molecule has 5 nitrogen and oxygen atoms in total. The van der Waals surface area contributed by atoms with Crippen molar-refractivity contribution in [1.29, 1.82) is 0 Å². The molecule has 0 aromatic heterocycles. The SMILES string of the molecule is COC(=O)C(C)CNc1c(N)cccc1N. The molecular formula is C11H17N3O2. The Hall–Kier alpha value is -1.91. The van der Waals surface area contributed by atoms with Gasteiger partial charge < -0.3 is 21.5 Å². The zero-order valence-corrected chi connectivity index (χ0v) is 9.49. The molecule has 1 aromatic rings. The van der Waals surface area contributed by atoms with Crippen molar-refractivity contribution >= 4 is 23.0 Å². The van der Waals surface area contributed by atoms with E-state index in [4.69, 9.17) is 11.5 Å². The second kappa shape index (κ2) is 5.25. The second-order valence-corrected chi connectivity index (χ2v) is 3.62. The highest BCUT2D eigenvalue weighted by Gasteiger charge is 2.13. The summed E-state index contributed by atoms with van der Waals surface area (Å²) in [5.74, 6) is -0.510. The molecule has 0 radical (unpaired) electrons. The Morgan fingerprint density at radius 3 is 2.50 bits per heavy atom. The number of nitrogen functional groups attached to an aromatic ring is 2. The molecule has 0 spiro atoms. The number of para-hydroxylation sites is 1. The fourth-order valence-electron chi connectivity index (χ4n) is 1.33. The summed E-state index contributed by atoms with van der Waals surface area (Å²) in [6.45, 7) is 2.21. The van der Waals surface area contributed by atoms with E-state index in [1.54, 1.807) is 25.1 Å². The van der Waals surface area contributed by atoms with Gasteiger partial charge in [0.1, 0.15) is 0 Å². The third-order valence-corrected chi connectivity index (χ3v) is 2.32. The number of nitrogens with one attached hydrogen (secondary N) is 1. The van der Waals surface area contributed by atoms with Crippen molar-refractivity contribution in [3.63, 3.8) is 0 Å². The van der Waals surface area contributed by atoms with Crippen LogP contribution in [0, 0.1) is 5.92 Å². The number of carbonyl (C=O) groups is 1. The van der Waals surface area contributed by atoms with Crippen LogP contribution in [0.1, 0.15) is 6.92 Å². The van der Waals surface area contributed by atoms with Gasteiger partial charge in [-0.1, -0.05) is 13.0 Å². The normalized spacial score (nSPS) is 11.9. The molecule has 0 heterocycles. The molecule has 0 aliphatic carbocycles. The Balaban J connectivity index is 2.64. The molecule has 16 heavy (non-hydrogen) atoms. The molecule has 0 amide bonds. The average molecular weight is 223 g/mol. The fourth-order valence-corrected chi connectivity index (χ4v) is 1.33. The van der Waals surface area contributed by atoms with E-state index >= 15 is 0 Å². The van der Waals surface area contributed by atoms with Crippen LogP contribution in [0.15, 0.2) is 18.2 Å². The van der Waals surface area contributed by atoms with Gasteiger partial charge in [-0.15, -0.1) is 0 Å². The molecular weight excluding hydrogens is 206 g/mol. The molecule has 5 heteroatoms. The van der Waals surface area contributed by atoms with Crippen molar-refractivity contribution in [3.05, 3.63) is 18.2 Å². The minimum atomic E-state index is -0.263. The topological polar surface area (TPSA) is 90.4 Å². The fraction of sp³-hybridized carbons (Fsp3) is 0.364. The zero-order chi connectivity index (χ0) is 12.1. The average Bonchev–Trinajstić information content (AvgIpc) is 2.27. The number of rotatable bonds is 4. The van der Waals surface area contributed by atoms with Gasteiger partial charge in [-0.2, -0.15) is 0 Å². The highest BCUT2D eigenvalue weighted by atomic mass is 16.5. The summed E-state index contributed by atoms with van der Waals surface area (Å²) in [4.78, 5) is 11.2. The third kappa shape index (κ3) is 2.79. The van der Waals surface area contributed by atoms with Gasteiger partial charge in [0.15, 0.2) is 0 Å². The van der Waals surface area contributed by atoms with Crippen LogP contribution in [0.25, 0.3) is 0 Å². The first-order valence-corrected chi connectivity index (χ1v) is 5.02. The number of methoxy groups -OCH3 is 1. The zero-order valence-electron chi connectivity index (χ0n) is 9.49. The lowest BCUT2D eigenvalue weighted by Gasteiger charge is -2.14. The predicted molar refractivity (Wildman–Crippen MR) is 64.9 cm³/mol. The van der Waals surface area contributed by atoms with Crippen LogP contribution in [-0.4, -0.2) is 19.6 Å². The molecule has 0 saturated heterocycles. The number of anilines is 3. The maximum Gasteiger partial charge on any atom is 0.310 e. The number of carbonyl (C=O) groups excluding carboxylic acids is 1. The Morgan fingerprint density at radius 1 is 1.44 bits per heavy atom. The molecule has 1 rings (SSSR count). The van der Waals surface area contributed by atoms with Crippen LogP contribution < -0.4 is 16.8 Å². The largest absolute Gasteiger partial charge is 0.469 e. The van der Waals surface area contributed by atoms with Crippen LogP contribution in [0.3, 0.4) is 0 Å². The van der Waals surface area contributed by atoms with Crippen molar-refractivity contribution in [2.75, 3.05) is 30.4 Å². The molecule has 1 atom stereocenters. The molecule has 5 N–H and O–H groups in total. The molecule has 1 aromatic carbocycles. The highest BCUT2D eigenvalue weighted by molar-refractivity contribution is 5.80. The van der Waals surface area contributed by atoms with Gasteiger partial charge in [0, 0.05) is 6.54 Å². The lowest BCUT2D eigenvalue weighted by atomic mass is 10.1. The van der Waals surface area contributed by atoms with E-state index in [1.165, 1.54) is 7.11 Å². The predicted octanol–water partition coefficient (Wildman–Crippen LogP) is 1.07. The molecule has 0 aliphatic rings. The monoisotopic (exact) mass is 223 g/mol. The number of benzene rings is 1. The van der Waals surface area contributed by atoms with Gasteiger partial charge >= 0.3 is 5.97 Å². The minimum absolute atomic E-state index is 0.246. The van der Waals surface area contributed by atoms with Gasteiger partial charge in [-0.05, 0) is 12.1 Å². The molecule has 0 saturated carbocycles. The summed E-state index contributed by atoms with van der Waals surface area (Å²) in [5.41, 5.74) is 13.3. The lowest BCUT2D eigenvalue weighted by Crippen LogP contribution is -2.22. The third-order valence-electron chi connectivity index (χ3n) is 2.32. The Kier molecular flexibility index (Phi) is 3.99. The first kappa shape index (κ1) is 12.2. The van der Waals surface area contributed by atoms with Gasteiger partial charge in [0.25, 0.3) is 0 Å². The molecule has 0 fully saturated rings. The quantitative estimate of drug-likeness (QED) is 0.524. The number of hydrogen-bond donors (Lipinski definition) is 3. The number of hydrogen-bond acceptors (Lipinski definition) is 5. The van der Waals surface area contributed by atoms with E-state index in [0.29, 0.717) is 23.6 Å². The van der Waals surface area contributed by atoms with Gasteiger partial charge in [0.05, 0.1) is 30.1 Å². The summed E-state index contributed by atoms with van der Waals surface area (Å²) >= 11 is 0. The van der Waals surface area contributed by atoms with Crippen LogP contribution in [0.4, 0.5) is 17.1 Å². The van der Waals surface area contributed by atoms with Crippen LogP contribution in [0.5, 0.6) is 0 Å². The summed E-state index contributed by atoms with van der Waals surface area (Å²) in [7, 11) is 1.37. The maximum atomic E-state index is 11.2. The van der Waals surface area contributed by atoms with Crippen molar-refractivity contribution in [2.45, 2.75) is 6.92 Å². The number of ether oxygens (including phenoxy) is 1. The van der Waals surface area contributed by atoms with Crippen molar-refractivity contribution in [3.8, 4) is 0 Å². The van der Waals surface area contributed by atoms with Gasteiger partial charge in [-0.25, -0.2) is 0 Å². The van der Waals surface area contributed by atoms with E-state index < -0.39 is 0 Å².